The Kier molecular flexibility index (Phi) is 3.75. The third kappa shape index (κ3) is 3.28. The summed E-state index contributed by atoms with van der Waals surface area (Å²) in [4.78, 5) is 14.3. The molecule has 0 heterocycles. The van der Waals surface area contributed by atoms with Crippen LogP contribution in [-0.4, -0.2) is 16.2 Å². The van der Waals surface area contributed by atoms with Crippen molar-refractivity contribution in [2.24, 2.45) is 10.9 Å². The highest BCUT2D eigenvalue weighted by Crippen LogP contribution is 2.23. The second-order valence-electron chi connectivity index (χ2n) is 4.48. The molecule has 0 radical (unpaired) electrons. The van der Waals surface area contributed by atoms with Crippen LogP contribution in [0.25, 0.3) is 0 Å². The average Bonchev–Trinajstić information content (AvgIpc) is 2.37. The molecule has 1 aliphatic carbocycles. The third-order valence-corrected chi connectivity index (χ3v) is 2.85. The minimum atomic E-state index is -0.545. The molecule has 0 spiro atoms. The van der Waals surface area contributed by atoms with Gasteiger partial charge in [-0.1, -0.05) is 19.1 Å². The number of aromatic hydroxyl groups is 1. The lowest BCUT2D eigenvalue weighted by molar-refractivity contribution is -0.384. The summed E-state index contributed by atoms with van der Waals surface area (Å²) in [7, 11) is 0. The monoisotopic (exact) mass is 258 g/mol. The van der Waals surface area contributed by atoms with Crippen LogP contribution < -0.4 is 0 Å². The van der Waals surface area contributed by atoms with Crippen LogP contribution in [0.15, 0.2) is 47.1 Å². The van der Waals surface area contributed by atoms with Crippen LogP contribution in [0.1, 0.15) is 18.9 Å². The summed E-state index contributed by atoms with van der Waals surface area (Å²) in [5, 5.41) is 20.2. The number of nitro groups is 1. The van der Waals surface area contributed by atoms with Crippen molar-refractivity contribution in [3.8, 4) is 5.75 Å². The van der Waals surface area contributed by atoms with Gasteiger partial charge in [0.15, 0.2) is 0 Å². The largest absolute Gasteiger partial charge is 0.507 e. The van der Waals surface area contributed by atoms with E-state index in [9.17, 15) is 15.2 Å². The van der Waals surface area contributed by atoms with Crippen molar-refractivity contribution in [3.63, 3.8) is 0 Å². The quantitative estimate of drug-likeness (QED) is 0.514. The van der Waals surface area contributed by atoms with Gasteiger partial charge in [0.2, 0.25) is 0 Å². The molecule has 2 rings (SSSR count). The third-order valence-electron chi connectivity index (χ3n) is 2.85. The Labute approximate surface area is 110 Å². The molecule has 1 aliphatic rings. The fourth-order valence-electron chi connectivity index (χ4n) is 1.83. The molecule has 98 valence electrons. The van der Waals surface area contributed by atoms with E-state index >= 15 is 0 Å². The first kappa shape index (κ1) is 13.0. The van der Waals surface area contributed by atoms with Crippen molar-refractivity contribution in [2.45, 2.75) is 13.3 Å². The molecule has 5 nitrogen and oxygen atoms in total. The number of rotatable bonds is 3. The summed E-state index contributed by atoms with van der Waals surface area (Å²) in [5.74, 6) is 0.306. The van der Waals surface area contributed by atoms with Gasteiger partial charge in [-0.05, 0) is 24.5 Å². The SMILES string of the molecule is CC1C=CC=C(N=Cc2ccc([N+](=O)[O-])cc2O)C1. The maximum absolute atomic E-state index is 10.5. The van der Waals surface area contributed by atoms with Gasteiger partial charge in [-0.25, -0.2) is 0 Å². The molecular weight excluding hydrogens is 244 g/mol. The maximum Gasteiger partial charge on any atom is 0.273 e. The highest BCUT2D eigenvalue weighted by atomic mass is 16.6. The number of hydrogen-bond acceptors (Lipinski definition) is 4. The molecule has 5 heteroatoms. The van der Waals surface area contributed by atoms with Crippen molar-refractivity contribution < 1.29 is 10.0 Å². The Balaban J connectivity index is 2.17. The molecule has 19 heavy (non-hydrogen) atoms. The van der Waals surface area contributed by atoms with E-state index < -0.39 is 4.92 Å². The predicted molar refractivity (Wildman–Crippen MR) is 73.4 cm³/mol. The van der Waals surface area contributed by atoms with Gasteiger partial charge >= 0.3 is 0 Å². The molecule has 1 unspecified atom stereocenters. The fraction of sp³-hybridized carbons (Fsp3) is 0.214. The van der Waals surface area contributed by atoms with Crippen LogP contribution in [0.3, 0.4) is 0 Å². The Morgan fingerprint density at radius 3 is 2.95 bits per heavy atom. The summed E-state index contributed by atoms with van der Waals surface area (Å²) in [6, 6.07) is 3.96. The van der Waals surface area contributed by atoms with Crippen molar-refractivity contribution in [1.29, 1.82) is 0 Å². The molecule has 0 amide bonds. The highest BCUT2D eigenvalue weighted by Gasteiger charge is 2.09. The molecule has 0 saturated carbocycles. The van der Waals surface area contributed by atoms with Gasteiger partial charge in [0.25, 0.3) is 5.69 Å². The van der Waals surface area contributed by atoms with Crippen LogP contribution in [0.2, 0.25) is 0 Å². The number of phenolic OH excluding ortho intramolecular Hbond substituents is 1. The standard InChI is InChI=1S/C14H14N2O3/c1-10-3-2-4-12(7-10)15-9-11-5-6-13(16(18)19)8-14(11)17/h2-6,8-10,17H,7H2,1H3. The number of non-ortho nitro benzene ring substituents is 1. The molecule has 1 N–H and O–H groups in total. The zero-order valence-electron chi connectivity index (χ0n) is 10.5. The number of nitrogens with zero attached hydrogens (tertiary/aromatic N) is 2. The number of benzene rings is 1. The second kappa shape index (κ2) is 5.48. The predicted octanol–water partition coefficient (Wildman–Crippen LogP) is 3.20. The minimum Gasteiger partial charge on any atom is -0.507 e. The van der Waals surface area contributed by atoms with Crippen molar-refractivity contribution in [3.05, 3.63) is 57.8 Å². The molecule has 1 atom stereocenters. The van der Waals surface area contributed by atoms with E-state index in [1.807, 2.05) is 12.2 Å². The van der Waals surface area contributed by atoms with E-state index in [0.29, 0.717) is 11.5 Å². The topological polar surface area (TPSA) is 75.7 Å². The zero-order chi connectivity index (χ0) is 13.8. The molecule has 0 saturated heterocycles. The van der Waals surface area contributed by atoms with E-state index in [1.54, 1.807) is 0 Å². The zero-order valence-corrected chi connectivity index (χ0v) is 10.5. The van der Waals surface area contributed by atoms with E-state index in [2.05, 4.69) is 18.0 Å². The van der Waals surface area contributed by atoms with Gasteiger partial charge in [-0.3, -0.25) is 15.1 Å². The van der Waals surface area contributed by atoms with Crippen LogP contribution >= 0.6 is 0 Å². The molecule has 0 bridgehead atoms. The van der Waals surface area contributed by atoms with Gasteiger partial charge in [0.05, 0.1) is 11.0 Å². The van der Waals surface area contributed by atoms with Crippen molar-refractivity contribution >= 4 is 11.9 Å². The molecule has 0 aliphatic heterocycles. The molecule has 0 fully saturated rings. The Bertz CT molecular complexity index is 588. The fourth-order valence-corrected chi connectivity index (χ4v) is 1.83. The number of aliphatic imine (C=N–C) groups is 1. The molecule has 1 aromatic rings. The number of hydrogen-bond donors (Lipinski definition) is 1. The average molecular weight is 258 g/mol. The number of phenols is 1. The normalized spacial score (nSPS) is 18.6. The van der Waals surface area contributed by atoms with E-state index in [1.165, 1.54) is 18.3 Å². The first-order valence-corrected chi connectivity index (χ1v) is 5.95. The molecule has 0 aromatic heterocycles. The number of nitro benzene ring substituents is 1. The van der Waals surface area contributed by atoms with E-state index in [0.717, 1.165) is 18.2 Å². The summed E-state index contributed by atoms with van der Waals surface area (Å²) < 4.78 is 0. The lowest BCUT2D eigenvalue weighted by Gasteiger charge is -2.10. The van der Waals surface area contributed by atoms with E-state index in [-0.39, 0.29) is 11.4 Å². The summed E-state index contributed by atoms with van der Waals surface area (Å²) in [5.41, 5.74) is 1.25. The van der Waals surface area contributed by atoms with Crippen LogP contribution in [0, 0.1) is 16.0 Å². The smallest absolute Gasteiger partial charge is 0.273 e. The van der Waals surface area contributed by atoms with Gasteiger partial charge in [-0.2, -0.15) is 0 Å². The number of allylic oxidation sites excluding steroid dienone is 4. The van der Waals surface area contributed by atoms with Crippen molar-refractivity contribution in [1.82, 2.24) is 0 Å². The van der Waals surface area contributed by atoms with Gasteiger partial charge < -0.3 is 5.11 Å². The van der Waals surface area contributed by atoms with Crippen LogP contribution in [0.4, 0.5) is 5.69 Å². The first-order valence-electron chi connectivity index (χ1n) is 5.95. The molecular formula is C14H14N2O3. The summed E-state index contributed by atoms with van der Waals surface area (Å²) in [6.07, 6.45) is 8.34. The summed E-state index contributed by atoms with van der Waals surface area (Å²) >= 11 is 0. The second-order valence-corrected chi connectivity index (χ2v) is 4.48. The Morgan fingerprint density at radius 2 is 2.32 bits per heavy atom. The molecule has 1 aromatic carbocycles. The van der Waals surface area contributed by atoms with Gasteiger partial charge in [0, 0.05) is 23.5 Å². The van der Waals surface area contributed by atoms with Gasteiger partial charge in [0.1, 0.15) is 5.75 Å². The van der Waals surface area contributed by atoms with Crippen LogP contribution in [-0.2, 0) is 0 Å². The van der Waals surface area contributed by atoms with E-state index in [4.69, 9.17) is 0 Å². The summed E-state index contributed by atoms with van der Waals surface area (Å²) in [6.45, 7) is 2.10. The maximum atomic E-state index is 10.5. The Hall–Kier alpha value is -2.43. The Morgan fingerprint density at radius 1 is 1.53 bits per heavy atom. The lowest BCUT2D eigenvalue weighted by atomic mass is 10.0. The van der Waals surface area contributed by atoms with Crippen LogP contribution in [0.5, 0.6) is 5.75 Å². The first-order chi connectivity index (χ1) is 9.06. The highest BCUT2D eigenvalue weighted by molar-refractivity contribution is 5.84. The lowest BCUT2D eigenvalue weighted by Crippen LogP contribution is -1.96. The van der Waals surface area contributed by atoms with Gasteiger partial charge in [-0.15, -0.1) is 0 Å². The van der Waals surface area contributed by atoms with Crippen molar-refractivity contribution in [2.75, 3.05) is 0 Å². The minimum absolute atomic E-state index is 0.136.